The van der Waals surface area contributed by atoms with Gasteiger partial charge in [0.25, 0.3) is 0 Å². The standard InChI is InChI=1S/C36H44FN7O5/c1-22(2)49-36(47)43-16-14-42(15-17-43)35(46)31-11-9-26(20-44(31)21-28-29(37)6-5-7-32(28)48-4)39-34(45)25-8-10-30-27(19-25)33(41-40-30)24-12-13-38-23(3)18-24/h5-7,12-13,18-19,22,26,31H,8-11,14-17,20-21H2,1-4H3,(H,39,45)(H,40,41)/t26-,31+/m1/s1. The second-order valence-electron chi connectivity index (χ2n) is 13.2. The van der Waals surface area contributed by atoms with Crippen LogP contribution in [0.1, 0.15) is 55.6 Å². The molecule has 0 saturated carbocycles. The van der Waals surface area contributed by atoms with Gasteiger partial charge in [0.15, 0.2) is 0 Å². The minimum absolute atomic E-state index is 0.0710. The smallest absolute Gasteiger partial charge is 0.410 e. The van der Waals surface area contributed by atoms with E-state index in [2.05, 4.69) is 20.5 Å². The van der Waals surface area contributed by atoms with E-state index in [4.69, 9.17) is 9.47 Å². The molecule has 2 N–H and O–H groups in total. The van der Waals surface area contributed by atoms with Crippen molar-refractivity contribution in [2.24, 2.45) is 0 Å². The van der Waals surface area contributed by atoms with E-state index in [1.807, 2.05) is 30.0 Å². The third-order valence-electron chi connectivity index (χ3n) is 9.46. The van der Waals surface area contributed by atoms with Crippen molar-refractivity contribution < 1.29 is 28.2 Å². The van der Waals surface area contributed by atoms with Crippen molar-refractivity contribution >= 4 is 24.0 Å². The Labute approximate surface area is 285 Å². The van der Waals surface area contributed by atoms with E-state index in [9.17, 15) is 14.4 Å². The first-order valence-electron chi connectivity index (χ1n) is 16.9. The second-order valence-corrected chi connectivity index (χ2v) is 13.2. The molecule has 0 spiro atoms. The summed E-state index contributed by atoms with van der Waals surface area (Å²) in [5, 5.41) is 10.9. The van der Waals surface area contributed by atoms with E-state index < -0.39 is 11.9 Å². The summed E-state index contributed by atoms with van der Waals surface area (Å²) in [7, 11) is 1.49. The van der Waals surface area contributed by atoms with Crippen LogP contribution in [0.2, 0.25) is 0 Å². The van der Waals surface area contributed by atoms with Crippen molar-refractivity contribution in [3.05, 3.63) is 70.4 Å². The average molecular weight is 674 g/mol. The summed E-state index contributed by atoms with van der Waals surface area (Å²) >= 11 is 0. The van der Waals surface area contributed by atoms with Crippen LogP contribution in [-0.2, 0) is 27.3 Å². The first-order valence-corrected chi connectivity index (χ1v) is 16.9. The summed E-state index contributed by atoms with van der Waals surface area (Å²) in [5.41, 5.74) is 5.51. The molecule has 2 atom stereocenters. The maximum absolute atomic E-state index is 15.2. The van der Waals surface area contributed by atoms with Crippen molar-refractivity contribution in [1.29, 1.82) is 0 Å². The van der Waals surface area contributed by atoms with E-state index >= 15 is 4.39 Å². The van der Waals surface area contributed by atoms with E-state index in [1.54, 1.807) is 42.0 Å². The monoisotopic (exact) mass is 673 g/mol. The van der Waals surface area contributed by atoms with Gasteiger partial charge in [0, 0.05) is 85.2 Å². The summed E-state index contributed by atoms with van der Waals surface area (Å²) < 4.78 is 26.0. The highest BCUT2D eigenvalue weighted by Gasteiger charge is 2.38. The number of nitrogens with zero attached hydrogens (tertiary/aromatic N) is 5. The number of hydrogen-bond donors (Lipinski definition) is 2. The average Bonchev–Trinajstić information content (AvgIpc) is 3.52. The zero-order valence-electron chi connectivity index (χ0n) is 28.5. The predicted molar refractivity (Wildman–Crippen MR) is 181 cm³/mol. The topological polar surface area (TPSA) is 133 Å². The van der Waals surface area contributed by atoms with Gasteiger partial charge in [-0.3, -0.25) is 24.6 Å². The molecule has 3 aromatic rings. The fourth-order valence-electron chi connectivity index (χ4n) is 6.91. The van der Waals surface area contributed by atoms with Gasteiger partial charge in [-0.25, -0.2) is 9.18 Å². The fourth-order valence-corrected chi connectivity index (χ4v) is 6.91. The number of hydrogen-bond acceptors (Lipinski definition) is 8. The van der Waals surface area contributed by atoms with Gasteiger partial charge >= 0.3 is 6.09 Å². The van der Waals surface area contributed by atoms with Crippen molar-refractivity contribution in [2.45, 2.75) is 71.2 Å². The van der Waals surface area contributed by atoms with E-state index in [0.717, 1.165) is 28.2 Å². The molecule has 6 rings (SSSR count). The second kappa shape index (κ2) is 14.8. The number of likely N-dealkylation sites (tertiary alicyclic amines) is 1. The normalized spacial score (nSPS) is 19.7. The summed E-state index contributed by atoms with van der Waals surface area (Å²) in [4.78, 5) is 49.7. The zero-order chi connectivity index (χ0) is 34.7. The van der Waals surface area contributed by atoms with Crippen molar-refractivity contribution in [2.75, 3.05) is 39.8 Å². The van der Waals surface area contributed by atoms with Crippen LogP contribution < -0.4 is 10.1 Å². The molecule has 13 heteroatoms. The summed E-state index contributed by atoms with van der Waals surface area (Å²) in [6, 6.07) is 7.77. The fraction of sp³-hybridized carbons (Fsp3) is 0.472. The number of benzene rings is 1. The van der Waals surface area contributed by atoms with Gasteiger partial charge in [-0.05, 0) is 76.8 Å². The van der Waals surface area contributed by atoms with Gasteiger partial charge in [-0.15, -0.1) is 0 Å². The highest BCUT2D eigenvalue weighted by molar-refractivity contribution is 5.99. The molecule has 4 heterocycles. The number of H-pyrrole nitrogens is 1. The highest BCUT2D eigenvalue weighted by Crippen LogP contribution is 2.32. The third-order valence-corrected chi connectivity index (χ3v) is 9.46. The van der Waals surface area contributed by atoms with Crippen LogP contribution in [-0.4, -0.2) is 106 Å². The molecule has 0 unspecified atom stereocenters. The van der Waals surface area contributed by atoms with Crippen LogP contribution in [0.4, 0.5) is 9.18 Å². The molecule has 260 valence electrons. The van der Waals surface area contributed by atoms with Gasteiger partial charge in [-0.1, -0.05) is 6.07 Å². The number of nitrogens with one attached hydrogen (secondary N) is 2. The minimum Gasteiger partial charge on any atom is -0.496 e. The molecule has 1 aromatic carbocycles. The van der Waals surface area contributed by atoms with Crippen LogP contribution >= 0.6 is 0 Å². The molecule has 2 aliphatic heterocycles. The molecule has 12 nitrogen and oxygen atoms in total. The number of carbonyl (C=O) groups excluding carboxylic acids is 3. The number of pyridine rings is 1. The maximum Gasteiger partial charge on any atom is 0.410 e. The van der Waals surface area contributed by atoms with Gasteiger partial charge < -0.3 is 24.6 Å². The number of amides is 3. The number of halogens is 1. The predicted octanol–water partition coefficient (Wildman–Crippen LogP) is 4.10. The Bertz CT molecular complexity index is 1730. The van der Waals surface area contributed by atoms with Gasteiger partial charge in [0.2, 0.25) is 11.8 Å². The number of carbonyl (C=O) groups is 3. The third kappa shape index (κ3) is 7.61. The number of ether oxygens (including phenoxy) is 2. The molecule has 3 amide bonds. The van der Waals surface area contributed by atoms with Crippen LogP contribution in [0.5, 0.6) is 5.75 Å². The molecule has 3 aliphatic rings. The number of piperidine rings is 1. The van der Waals surface area contributed by atoms with Crippen LogP contribution in [0.3, 0.4) is 0 Å². The number of piperazine rings is 1. The Hall–Kier alpha value is -4.78. The molecule has 2 aromatic heterocycles. The Morgan fingerprint density at radius 2 is 1.86 bits per heavy atom. The lowest BCUT2D eigenvalue weighted by molar-refractivity contribution is -0.140. The van der Waals surface area contributed by atoms with E-state index in [0.29, 0.717) is 75.3 Å². The first-order chi connectivity index (χ1) is 23.6. The summed E-state index contributed by atoms with van der Waals surface area (Å²) in [5.74, 6) is -0.250. The number of methoxy groups -OCH3 is 1. The van der Waals surface area contributed by atoms with Gasteiger partial charge in [0.05, 0.1) is 24.9 Å². The molecule has 1 aliphatic carbocycles. The molecule has 0 bridgehead atoms. The van der Waals surface area contributed by atoms with E-state index in [-0.39, 0.29) is 36.6 Å². The van der Waals surface area contributed by atoms with Crippen LogP contribution in [0.25, 0.3) is 17.3 Å². The number of aromatic nitrogens is 3. The molecule has 0 radical (unpaired) electrons. The van der Waals surface area contributed by atoms with Crippen molar-refractivity contribution in [1.82, 2.24) is 35.2 Å². The Balaban J connectivity index is 1.17. The minimum atomic E-state index is -0.527. The first kappa shape index (κ1) is 34.1. The number of fused-ring (bicyclic) bond motifs is 1. The molecule has 49 heavy (non-hydrogen) atoms. The number of aromatic amines is 1. The largest absolute Gasteiger partial charge is 0.496 e. The quantitative estimate of drug-likeness (QED) is 0.366. The van der Waals surface area contributed by atoms with Crippen LogP contribution in [0.15, 0.2) is 42.1 Å². The van der Waals surface area contributed by atoms with Gasteiger partial charge in [-0.2, -0.15) is 5.10 Å². The SMILES string of the molecule is COc1cccc(F)c1CN1C[C@H](NC(=O)C2=Cc3c(-c4ccnc(C)c4)n[nH]c3CC2)CC[C@H]1C(=O)N1CCN(C(=O)OC(C)C)CC1. The van der Waals surface area contributed by atoms with E-state index in [1.165, 1.54) is 13.2 Å². The Morgan fingerprint density at radius 3 is 2.59 bits per heavy atom. The summed E-state index contributed by atoms with van der Waals surface area (Å²) in [6.07, 6.45) is 5.35. The van der Waals surface area contributed by atoms with Crippen molar-refractivity contribution in [3.63, 3.8) is 0 Å². The molecule has 2 fully saturated rings. The lowest BCUT2D eigenvalue weighted by Gasteiger charge is -2.43. The Kier molecular flexibility index (Phi) is 10.3. The lowest BCUT2D eigenvalue weighted by Crippen LogP contribution is -2.59. The lowest BCUT2D eigenvalue weighted by atomic mass is 9.92. The van der Waals surface area contributed by atoms with Gasteiger partial charge in [0.1, 0.15) is 11.6 Å². The Morgan fingerprint density at radius 1 is 1.08 bits per heavy atom. The van der Waals surface area contributed by atoms with Crippen LogP contribution in [0, 0.1) is 12.7 Å². The zero-order valence-corrected chi connectivity index (χ0v) is 28.5. The number of aryl methyl sites for hydroxylation is 2. The van der Waals surface area contributed by atoms with Crippen molar-refractivity contribution in [3.8, 4) is 17.0 Å². The molecular formula is C36H44FN7O5. The molecular weight excluding hydrogens is 629 g/mol. The molecule has 2 saturated heterocycles. The summed E-state index contributed by atoms with van der Waals surface area (Å²) in [6.45, 7) is 7.53. The number of rotatable bonds is 8. The maximum atomic E-state index is 15.2. The highest BCUT2D eigenvalue weighted by atomic mass is 19.1.